The van der Waals surface area contributed by atoms with Crippen LogP contribution in [0.15, 0.2) is 17.7 Å². The summed E-state index contributed by atoms with van der Waals surface area (Å²) in [6.07, 6.45) is 1.09. The van der Waals surface area contributed by atoms with E-state index in [2.05, 4.69) is 0 Å². The van der Waals surface area contributed by atoms with Gasteiger partial charge in [0.25, 0.3) is 5.91 Å². The van der Waals surface area contributed by atoms with Gasteiger partial charge in [-0.15, -0.1) is 0 Å². The third-order valence-electron chi connectivity index (χ3n) is 2.36. The highest BCUT2D eigenvalue weighted by Gasteiger charge is 2.19. The molecule has 0 radical (unpaired) electrons. The smallest absolute Gasteiger partial charge is 0.315 e. The van der Waals surface area contributed by atoms with Gasteiger partial charge in [0, 0.05) is 20.2 Å². The van der Waals surface area contributed by atoms with Gasteiger partial charge in [-0.25, -0.2) is 0 Å². The molecule has 0 aliphatic carbocycles. The molecule has 0 heterocycles. The zero-order chi connectivity index (χ0) is 15.4. The van der Waals surface area contributed by atoms with E-state index in [4.69, 9.17) is 5.26 Å². The van der Waals surface area contributed by atoms with Crippen LogP contribution in [0, 0.1) is 21.4 Å². The first kappa shape index (κ1) is 15.0. The maximum absolute atomic E-state index is 11.6. The first-order valence-corrected chi connectivity index (χ1v) is 5.31. The summed E-state index contributed by atoms with van der Waals surface area (Å²) in [4.78, 5) is 22.6. The number of carbonyl (C=O) groups is 1. The molecular weight excluding hydrogens is 266 g/mol. The number of hydrogen-bond acceptors (Lipinski definition) is 6. The van der Waals surface area contributed by atoms with Crippen molar-refractivity contribution in [3.8, 4) is 17.6 Å². The van der Waals surface area contributed by atoms with Gasteiger partial charge >= 0.3 is 5.69 Å². The van der Waals surface area contributed by atoms with Crippen molar-refractivity contribution in [1.82, 2.24) is 4.90 Å². The van der Waals surface area contributed by atoms with Crippen LogP contribution in [0.1, 0.15) is 5.56 Å². The second-order valence-corrected chi connectivity index (χ2v) is 4.03. The Kier molecular flexibility index (Phi) is 4.27. The number of nitro benzene ring substituents is 1. The number of nitrogens with zero attached hydrogens (tertiary/aromatic N) is 3. The first-order valence-electron chi connectivity index (χ1n) is 5.31. The molecule has 0 unspecified atom stereocenters. The Morgan fingerprint density at radius 2 is 2.05 bits per heavy atom. The number of nitro groups is 1. The van der Waals surface area contributed by atoms with Crippen LogP contribution in [0.4, 0.5) is 5.69 Å². The molecule has 104 valence electrons. The highest BCUT2D eigenvalue weighted by atomic mass is 16.6. The average molecular weight is 277 g/mol. The lowest BCUT2D eigenvalue weighted by Gasteiger charge is -2.08. The van der Waals surface area contributed by atoms with Gasteiger partial charge in [0.05, 0.1) is 4.92 Å². The second kappa shape index (κ2) is 5.71. The van der Waals surface area contributed by atoms with Crippen LogP contribution in [0.5, 0.6) is 11.5 Å². The minimum absolute atomic E-state index is 0.0544. The number of rotatable bonds is 3. The van der Waals surface area contributed by atoms with Crippen molar-refractivity contribution in [2.75, 3.05) is 14.1 Å². The average Bonchev–Trinajstić information content (AvgIpc) is 2.38. The molecule has 0 aliphatic rings. The summed E-state index contributed by atoms with van der Waals surface area (Å²) in [6, 6.07) is 3.64. The van der Waals surface area contributed by atoms with Crippen LogP contribution in [-0.2, 0) is 4.79 Å². The number of nitriles is 1. The fourth-order valence-electron chi connectivity index (χ4n) is 1.40. The summed E-state index contributed by atoms with van der Waals surface area (Å²) in [7, 11) is 2.90. The quantitative estimate of drug-likeness (QED) is 0.279. The Labute approximate surface area is 113 Å². The number of carbonyl (C=O) groups excluding carboxylic acids is 1. The number of amides is 1. The van der Waals surface area contributed by atoms with Gasteiger partial charge in [0.1, 0.15) is 11.6 Å². The predicted molar refractivity (Wildman–Crippen MR) is 68.7 cm³/mol. The maximum Gasteiger partial charge on any atom is 0.315 e. The fourth-order valence-corrected chi connectivity index (χ4v) is 1.40. The Morgan fingerprint density at radius 1 is 1.45 bits per heavy atom. The topological polar surface area (TPSA) is 128 Å². The van der Waals surface area contributed by atoms with Gasteiger partial charge in [0.15, 0.2) is 5.75 Å². The Morgan fingerprint density at radius 3 is 2.50 bits per heavy atom. The number of hydrogen-bond donors (Lipinski definition) is 2. The summed E-state index contributed by atoms with van der Waals surface area (Å²) >= 11 is 0. The first-order chi connectivity index (χ1) is 9.27. The second-order valence-electron chi connectivity index (χ2n) is 4.03. The zero-order valence-electron chi connectivity index (χ0n) is 10.7. The molecule has 1 aromatic carbocycles. The highest BCUT2D eigenvalue weighted by Crippen LogP contribution is 2.36. The van der Waals surface area contributed by atoms with Crippen molar-refractivity contribution >= 4 is 17.7 Å². The predicted octanol–water partition coefficient (Wildman–Crippen LogP) is 1.00. The van der Waals surface area contributed by atoms with Gasteiger partial charge in [0.2, 0.25) is 5.75 Å². The zero-order valence-corrected chi connectivity index (χ0v) is 10.7. The lowest BCUT2D eigenvalue weighted by molar-refractivity contribution is -0.386. The van der Waals surface area contributed by atoms with Crippen LogP contribution in [0.2, 0.25) is 0 Å². The molecule has 8 heteroatoms. The molecule has 1 rings (SSSR count). The molecule has 0 saturated heterocycles. The summed E-state index contributed by atoms with van der Waals surface area (Å²) in [5.74, 6) is -2.16. The largest absolute Gasteiger partial charge is 0.504 e. The molecule has 0 aliphatic heterocycles. The van der Waals surface area contributed by atoms with E-state index in [-0.39, 0.29) is 11.1 Å². The van der Waals surface area contributed by atoms with E-state index in [1.54, 1.807) is 6.07 Å². The molecule has 0 spiro atoms. The normalized spacial score (nSPS) is 10.8. The highest BCUT2D eigenvalue weighted by molar-refractivity contribution is 6.01. The van der Waals surface area contributed by atoms with Crippen LogP contribution in [0.3, 0.4) is 0 Å². The van der Waals surface area contributed by atoms with Crippen molar-refractivity contribution < 1.29 is 19.9 Å². The Bertz CT molecular complexity index is 643. The molecule has 20 heavy (non-hydrogen) atoms. The van der Waals surface area contributed by atoms with E-state index in [0.29, 0.717) is 0 Å². The molecule has 2 N–H and O–H groups in total. The number of likely N-dealkylation sites (N-methyl/N-ethyl adjacent to an activating group) is 1. The number of aromatic hydroxyl groups is 2. The van der Waals surface area contributed by atoms with Crippen LogP contribution >= 0.6 is 0 Å². The van der Waals surface area contributed by atoms with Crippen LogP contribution < -0.4 is 0 Å². The van der Waals surface area contributed by atoms with Gasteiger partial charge in [-0.2, -0.15) is 5.26 Å². The molecule has 8 nitrogen and oxygen atoms in total. The van der Waals surface area contributed by atoms with E-state index in [1.165, 1.54) is 19.0 Å². The van der Waals surface area contributed by atoms with Crippen molar-refractivity contribution in [2.24, 2.45) is 0 Å². The minimum Gasteiger partial charge on any atom is -0.504 e. The summed E-state index contributed by atoms with van der Waals surface area (Å²) in [5.41, 5.74) is -0.918. The standard InChI is InChI=1S/C12H11N3O5/c1-14(2)12(18)8(6-13)3-7-4-9(15(19)20)11(17)10(16)5-7/h3-5,16-17H,1-2H3. The van der Waals surface area contributed by atoms with Crippen molar-refractivity contribution in [3.05, 3.63) is 33.4 Å². The fraction of sp³-hybridized carbons (Fsp3) is 0.167. The van der Waals surface area contributed by atoms with E-state index >= 15 is 0 Å². The minimum atomic E-state index is -0.883. The molecule has 1 amide bonds. The third kappa shape index (κ3) is 3.02. The molecule has 1 aromatic rings. The molecule has 0 fully saturated rings. The molecule has 0 atom stereocenters. The van der Waals surface area contributed by atoms with E-state index in [1.807, 2.05) is 0 Å². The van der Waals surface area contributed by atoms with Gasteiger partial charge in [-0.05, 0) is 17.7 Å². The van der Waals surface area contributed by atoms with Crippen molar-refractivity contribution in [3.63, 3.8) is 0 Å². The lowest BCUT2D eigenvalue weighted by atomic mass is 10.1. The van der Waals surface area contributed by atoms with E-state index in [0.717, 1.165) is 18.2 Å². The van der Waals surface area contributed by atoms with E-state index < -0.39 is 28.0 Å². The summed E-state index contributed by atoms with van der Waals surface area (Å²) in [5, 5.41) is 38.3. The summed E-state index contributed by atoms with van der Waals surface area (Å²) in [6.45, 7) is 0. The number of benzene rings is 1. The molecule has 0 bridgehead atoms. The van der Waals surface area contributed by atoms with Crippen LogP contribution in [0.25, 0.3) is 6.08 Å². The Hall–Kier alpha value is -3.08. The summed E-state index contributed by atoms with van der Waals surface area (Å²) < 4.78 is 0. The van der Waals surface area contributed by atoms with Gasteiger partial charge < -0.3 is 15.1 Å². The third-order valence-corrected chi connectivity index (χ3v) is 2.36. The van der Waals surface area contributed by atoms with Crippen molar-refractivity contribution in [2.45, 2.75) is 0 Å². The molecule has 0 aromatic heterocycles. The van der Waals surface area contributed by atoms with Crippen LogP contribution in [-0.4, -0.2) is 40.0 Å². The molecule has 0 saturated carbocycles. The van der Waals surface area contributed by atoms with Gasteiger partial charge in [-0.3, -0.25) is 14.9 Å². The Balaban J connectivity index is 3.38. The lowest BCUT2D eigenvalue weighted by Crippen LogP contribution is -2.22. The number of phenolic OH excluding ortho intramolecular Hbond substituents is 2. The van der Waals surface area contributed by atoms with Crippen molar-refractivity contribution in [1.29, 1.82) is 5.26 Å². The van der Waals surface area contributed by atoms with E-state index in [9.17, 15) is 25.1 Å². The molecular formula is C12H11N3O5. The SMILES string of the molecule is CN(C)C(=O)C(C#N)=Cc1cc(O)c(O)c([N+](=O)[O-])c1. The van der Waals surface area contributed by atoms with Gasteiger partial charge in [-0.1, -0.05) is 0 Å². The number of phenols is 2. The maximum atomic E-state index is 11.6. The monoisotopic (exact) mass is 277 g/mol.